The van der Waals surface area contributed by atoms with Crippen LogP contribution in [-0.4, -0.2) is 40.2 Å². The highest BCUT2D eigenvalue weighted by Crippen LogP contribution is 2.34. The number of hydrogen-bond acceptors (Lipinski definition) is 5. The van der Waals surface area contributed by atoms with Crippen LogP contribution in [0.25, 0.3) is 43.1 Å². The minimum absolute atomic E-state index is 0.698. The van der Waals surface area contributed by atoms with Crippen molar-refractivity contribution in [2.75, 3.05) is 0 Å². The molecule has 0 radical (unpaired) electrons. The molecule has 0 aliphatic carbocycles. The Hall–Kier alpha value is -5.37. The average molecular weight is 593 g/mol. The highest BCUT2D eigenvalue weighted by molar-refractivity contribution is 6.55. The van der Waals surface area contributed by atoms with Crippen LogP contribution in [0.4, 0.5) is 23.3 Å². The highest BCUT2D eigenvalue weighted by atomic mass is 28.3. The van der Waals surface area contributed by atoms with Crippen molar-refractivity contribution in [2.45, 2.75) is 0 Å². The molecule has 1 aliphatic heterocycles. The molecule has 0 fully saturated rings. The van der Waals surface area contributed by atoms with Crippen LogP contribution in [0.15, 0.2) is 111 Å². The Labute approximate surface area is 248 Å². The minimum atomic E-state index is -0.918. The van der Waals surface area contributed by atoms with Crippen molar-refractivity contribution in [2.24, 2.45) is 20.0 Å². The molecule has 0 unspecified atom stereocenters. The largest absolute Gasteiger partial charge is 0.465 e. The second-order valence-corrected chi connectivity index (χ2v) is 14.0. The van der Waals surface area contributed by atoms with Crippen molar-refractivity contribution in [1.82, 2.24) is 19.9 Å². The van der Waals surface area contributed by atoms with E-state index in [2.05, 4.69) is 74.5 Å². The van der Waals surface area contributed by atoms with Gasteiger partial charge in [-0.1, -0.05) is 91.0 Å². The van der Waals surface area contributed by atoms with E-state index in [4.69, 9.17) is 24.1 Å². The molecule has 5 heterocycles. The van der Waals surface area contributed by atoms with Crippen molar-refractivity contribution in [1.29, 1.82) is 0 Å². The van der Waals surface area contributed by atoms with Crippen molar-refractivity contribution >= 4 is 91.8 Å². The van der Waals surface area contributed by atoms with Crippen LogP contribution in [0.1, 0.15) is 0 Å². The lowest BCUT2D eigenvalue weighted by Gasteiger charge is -2.02. The van der Waals surface area contributed by atoms with Gasteiger partial charge in [-0.3, -0.25) is 0 Å². The van der Waals surface area contributed by atoms with E-state index in [1.165, 1.54) is 5.19 Å². The van der Waals surface area contributed by atoms with Crippen LogP contribution in [0.2, 0.25) is 0 Å². The van der Waals surface area contributed by atoms with Crippen LogP contribution < -0.4 is 27.1 Å². The third-order valence-corrected chi connectivity index (χ3v) is 10.2. The number of H-pyrrole nitrogens is 4. The summed E-state index contributed by atoms with van der Waals surface area (Å²) in [6.07, 6.45) is 0. The first-order chi connectivity index (χ1) is 21.2. The van der Waals surface area contributed by atoms with E-state index in [-0.39, 0.29) is 0 Å². The molecule has 9 rings (SSSR count). The molecule has 0 saturated heterocycles. The maximum atomic E-state index is 5.85. The summed E-state index contributed by atoms with van der Waals surface area (Å²) in [4.78, 5) is 34.7. The summed E-state index contributed by atoms with van der Waals surface area (Å²) in [5.41, 5.74) is 2.91. The maximum Gasteiger partial charge on any atom is 0.178 e. The van der Waals surface area contributed by atoms with Crippen LogP contribution >= 0.6 is 0 Å². The molecule has 43 heavy (non-hydrogen) atoms. The molecule has 8 bridgehead atoms. The lowest BCUT2D eigenvalue weighted by molar-refractivity contribution is 0.677. The third kappa shape index (κ3) is 3.72. The number of aromatic nitrogens is 4. The van der Waals surface area contributed by atoms with Gasteiger partial charge in [-0.25, -0.2) is 20.0 Å². The molecule has 11 heteroatoms. The summed E-state index contributed by atoms with van der Waals surface area (Å²) in [6, 6.07) is 30.9. The molecule has 0 saturated carbocycles. The predicted molar refractivity (Wildman–Crippen MR) is 176 cm³/mol. The smallest absolute Gasteiger partial charge is 0.178 e. The van der Waals surface area contributed by atoms with Crippen LogP contribution in [0.5, 0.6) is 0 Å². The summed E-state index contributed by atoms with van der Waals surface area (Å²) in [5, 5.41) is 9.17. The zero-order chi connectivity index (χ0) is 28.5. The molecule has 4 aromatic heterocycles. The number of hydrogen-bond donors (Lipinski definition) is 4. The summed E-state index contributed by atoms with van der Waals surface area (Å²) < 4.78 is 5.85. The average Bonchev–Trinajstić information content (AvgIpc) is 3.77. The zero-order valence-corrected chi connectivity index (χ0v) is 26.5. The quantitative estimate of drug-likeness (QED) is 0.227. The van der Waals surface area contributed by atoms with Crippen LogP contribution in [0.3, 0.4) is 0 Å². The van der Waals surface area contributed by atoms with Crippen LogP contribution in [-0.2, 0) is 4.12 Å². The number of nitrogens with one attached hydrogen (secondary N) is 4. The first kappa shape index (κ1) is 24.3. The van der Waals surface area contributed by atoms with E-state index >= 15 is 0 Å². The third-order valence-electron chi connectivity index (χ3n) is 8.10. The lowest BCUT2D eigenvalue weighted by atomic mass is 10.2. The van der Waals surface area contributed by atoms with E-state index in [9.17, 15) is 0 Å². The Kier molecular flexibility index (Phi) is 5.26. The Morgan fingerprint density at radius 3 is 1.33 bits per heavy atom. The topological polar surface area (TPSA) is 122 Å². The van der Waals surface area contributed by atoms with E-state index in [1.807, 2.05) is 36.4 Å². The van der Waals surface area contributed by atoms with E-state index in [0.717, 1.165) is 88.3 Å². The molecular formula is C32H24N8OSi2. The van der Waals surface area contributed by atoms with Gasteiger partial charge in [0, 0.05) is 43.1 Å². The number of rotatable bonds is 2. The molecule has 8 aromatic rings. The second kappa shape index (κ2) is 9.32. The standard InChI is InChI=1S/C32H24N8OSi2/c42-41-43-23-15-7-14-22-24(23)32-39-30-21-13-6-5-12-20(21)28(37-30)35-26-17-9-2-1-8-16(17)25(33-26)34-27-18-10-3-4-11-19(18)29(36-27)38-31(22)40-32/h1-15H,43H2,42H3,(H4,33,34,35,36,37,38,39,40). The summed E-state index contributed by atoms with van der Waals surface area (Å²) in [6.45, 7) is 0. The van der Waals surface area contributed by atoms with Gasteiger partial charge in [-0.15, -0.1) is 0 Å². The number of nitrogens with zero attached hydrogens (tertiary/aromatic N) is 4. The predicted octanol–water partition coefficient (Wildman–Crippen LogP) is 2.74. The van der Waals surface area contributed by atoms with Gasteiger partial charge in [-0.2, -0.15) is 0 Å². The molecular weight excluding hydrogens is 569 g/mol. The maximum absolute atomic E-state index is 5.85. The molecule has 0 amide bonds. The molecule has 206 valence electrons. The molecule has 4 N–H and O–H groups in total. The van der Waals surface area contributed by atoms with Crippen molar-refractivity contribution in [3.63, 3.8) is 0 Å². The SMILES string of the molecule is [SiH3]O[SiH2]c1cccc2c3[nH]c(c12)N=c1[nH]c(c2ccccc12)=Nc1[nH]c(c2ccccc12)N=c1[nH]c(c2ccccc12)=N3. The normalized spacial score (nSPS) is 13.1. The monoisotopic (exact) mass is 592 g/mol. The minimum Gasteiger partial charge on any atom is -0.465 e. The fourth-order valence-electron chi connectivity index (χ4n) is 6.17. The van der Waals surface area contributed by atoms with E-state index in [1.54, 1.807) is 0 Å². The van der Waals surface area contributed by atoms with Gasteiger partial charge in [-0.05, 0) is 5.19 Å². The first-order valence-electron chi connectivity index (χ1n) is 14.1. The highest BCUT2D eigenvalue weighted by Gasteiger charge is 2.16. The van der Waals surface area contributed by atoms with Gasteiger partial charge in [0.05, 0.1) is 0 Å². The molecule has 9 nitrogen and oxygen atoms in total. The molecule has 0 atom stereocenters. The number of benzene rings is 4. The van der Waals surface area contributed by atoms with Crippen molar-refractivity contribution in [3.8, 4) is 0 Å². The Morgan fingerprint density at radius 1 is 0.442 bits per heavy atom. The molecule has 0 spiro atoms. The van der Waals surface area contributed by atoms with E-state index < -0.39 is 9.76 Å². The van der Waals surface area contributed by atoms with Gasteiger partial charge in [0.1, 0.15) is 55.7 Å². The molecule has 4 aromatic carbocycles. The Balaban J connectivity index is 1.50. The number of fused-ring (bicyclic) bond motifs is 20. The van der Waals surface area contributed by atoms with Gasteiger partial charge in [0.15, 0.2) is 9.76 Å². The van der Waals surface area contributed by atoms with Gasteiger partial charge in [0.25, 0.3) is 0 Å². The van der Waals surface area contributed by atoms with Gasteiger partial charge < -0.3 is 24.1 Å². The zero-order valence-electron chi connectivity index (χ0n) is 23.1. The summed E-state index contributed by atoms with van der Waals surface area (Å²) >= 11 is 0. The Morgan fingerprint density at radius 2 is 0.837 bits per heavy atom. The van der Waals surface area contributed by atoms with Gasteiger partial charge in [0.2, 0.25) is 0 Å². The van der Waals surface area contributed by atoms with E-state index in [0.29, 0.717) is 10.5 Å². The van der Waals surface area contributed by atoms with Crippen molar-refractivity contribution in [3.05, 3.63) is 113 Å². The second-order valence-electron chi connectivity index (χ2n) is 10.6. The fraction of sp³-hybridized carbons (Fsp3) is 0. The molecule has 1 aliphatic rings. The summed E-state index contributed by atoms with van der Waals surface area (Å²) in [5.74, 6) is 2.93. The number of aromatic amines is 4. The van der Waals surface area contributed by atoms with Crippen LogP contribution in [0, 0.1) is 0 Å². The van der Waals surface area contributed by atoms with Gasteiger partial charge >= 0.3 is 0 Å². The summed E-state index contributed by atoms with van der Waals surface area (Å²) in [7, 11) is -0.221. The Bertz CT molecular complexity index is 2660. The lowest BCUT2D eigenvalue weighted by Crippen LogP contribution is -2.17. The first-order valence-corrected chi connectivity index (χ1v) is 16.2. The fourth-order valence-corrected chi connectivity index (χ4v) is 8.15. The van der Waals surface area contributed by atoms with Crippen molar-refractivity contribution < 1.29 is 4.12 Å².